The fraction of sp³-hybridized carbons (Fsp3) is 0. The molecule has 0 fully saturated rings. The van der Waals surface area contributed by atoms with Gasteiger partial charge in [0.05, 0.1) is 16.7 Å². The van der Waals surface area contributed by atoms with Gasteiger partial charge in [0.25, 0.3) is 0 Å². The van der Waals surface area contributed by atoms with Crippen LogP contribution in [0.2, 0.25) is 5.02 Å². The smallest absolute Gasteiger partial charge is 0.0619 e. The number of fused-ring (bicyclic) bond motifs is 5. The molecule has 1 heterocycles. The van der Waals surface area contributed by atoms with Gasteiger partial charge in [-0.2, -0.15) is 0 Å². The van der Waals surface area contributed by atoms with Crippen molar-refractivity contribution in [2.45, 2.75) is 0 Å². The van der Waals surface area contributed by atoms with Crippen molar-refractivity contribution in [3.05, 3.63) is 175 Å². The fourth-order valence-electron chi connectivity index (χ4n) is 7.18. The number of benzene rings is 8. The molecule has 1 aromatic heterocycles. The van der Waals surface area contributed by atoms with Crippen LogP contribution < -0.4 is 0 Å². The molecule has 1 nitrogen and oxygen atoms in total. The third kappa shape index (κ3) is 4.24. The van der Waals surface area contributed by atoms with Crippen molar-refractivity contribution in [2.75, 3.05) is 0 Å². The van der Waals surface area contributed by atoms with E-state index in [0.29, 0.717) is 0 Å². The van der Waals surface area contributed by atoms with E-state index in [1.807, 2.05) is 12.1 Å². The van der Waals surface area contributed by atoms with E-state index in [2.05, 4.69) is 162 Å². The quantitative estimate of drug-likeness (QED) is 0.188. The SMILES string of the molecule is Clc1ccc(-c2ccc3c(c2)c2ccccc2n3-c2c(-c3cccc4ccccc34)cccc2-c2cccc3ccccc23)cc1. The monoisotopic (exact) mass is 605 g/mol. The summed E-state index contributed by atoms with van der Waals surface area (Å²) in [4.78, 5) is 0. The molecule has 2 heteroatoms. The highest BCUT2D eigenvalue weighted by molar-refractivity contribution is 6.30. The number of rotatable bonds is 4. The summed E-state index contributed by atoms with van der Waals surface area (Å²) in [5, 5.41) is 8.14. The fourth-order valence-corrected chi connectivity index (χ4v) is 7.30. The van der Waals surface area contributed by atoms with Crippen molar-refractivity contribution in [3.8, 4) is 39.1 Å². The summed E-state index contributed by atoms with van der Waals surface area (Å²) in [7, 11) is 0. The van der Waals surface area contributed by atoms with E-state index < -0.39 is 0 Å². The van der Waals surface area contributed by atoms with Gasteiger partial charge in [0.2, 0.25) is 0 Å². The summed E-state index contributed by atoms with van der Waals surface area (Å²) in [5.41, 5.74) is 10.7. The van der Waals surface area contributed by atoms with Crippen LogP contribution in [0.1, 0.15) is 0 Å². The maximum Gasteiger partial charge on any atom is 0.0619 e. The van der Waals surface area contributed by atoms with Gasteiger partial charge in [-0.25, -0.2) is 0 Å². The van der Waals surface area contributed by atoms with Crippen LogP contribution in [0.4, 0.5) is 0 Å². The largest absolute Gasteiger partial charge is 0.308 e. The van der Waals surface area contributed by atoms with Crippen molar-refractivity contribution in [3.63, 3.8) is 0 Å². The average Bonchev–Trinajstić information content (AvgIpc) is 3.44. The van der Waals surface area contributed by atoms with E-state index in [1.54, 1.807) is 0 Å². The van der Waals surface area contributed by atoms with Gasteiger partial charge < -0.3 is 4.57 Å². The van der Waals surface area contributed by atoms with Gasteiger partial charge in [-0.1, -0.05) is 151 Å². The molecule has 8 aromatic carbocycles. The number of hydrogen-bond acceptors (Lipinski definition) is 0. The second kappa shape index (κ2) is 10.8. The standard InChI is InChI=1S/C44H28ClN/c45-33-25-22-29(23-26-33)32-24-27-43-41(28-32)38-16-5-6-21-42(38)46(43)44-39(36-17-7-12-30-10-1-3-14-34(30)36)19-9-20-40(44)37-18-8-13-31-11-2-4-15-35(31)37/h1-28H. The maximum atomic E-state index is 6.24. The average molecular weight is 606 g/mol. The molecule has 0 radical (unpaired) electrons. The Labute approximate surface area is 272 Å². The highest BCUT2D eigenvalue weighted by Gasteiger charge is 2.21. The van der Waals surface area contributed by atoms with Crippen LogP contribution in [0.5, 0.6) is 0 Å². The lowest BCUT2D eigenvalue weighted by Crippen LogP contribution is -2.01. The lowest BCUT2D eigenvalue weighted by molar-refractivity contribution is 1.18. The minimum atomic E-state index is 0.743. The third-order valence-corrected chi connectivity index (χ3v) is 9.52. The van der Waals surface area contributed by atoms with Crippen LogP contribution >= 0.6 is 11.6 Å². The number of aromatic nitrogens is 1. The molecule has 0 unspecified atom stereocenters. The minimum absolute atomic E-state index is 0.743. The maximum absolute atomic E-state index is 6.24. The lowest BCUT2D eigenvalue weighted by Gasteiger charge is -2.21. The zero-order chi connectivity index (χ0) is 30.6. The van der Waals surface area contributed by atoms with Crippen molar-refractivity contribution in [2.24, 2.45) is 0 Å². The summed E-state index contributed by atoms with van der Waals surface area (Å²) in [5.74, 6) is 0. The van der Waals surface area contributed by atoms with E-state index in [0.717, 1.165) is 10.6 Å². The van der Waals surface area contributed by atoms with Gasteiger partial charge >= 0.3 is 0 Å². The first-order chi connectivity index (χ1) is 22.7. The Morgan fingerprint density at radius 2 is 0.826 bits per heavy atom. The van der Waals surface area contributed by atoms with Crippen molar-refractivity contribution < 1.29 is 0 Å². The molecule has 9 aromatic rings. The molecule has 0 bridgehead atoms. The van der Waals surface area contributed by atoms with Crippen LogP contribution in [0.3, 0.4) is 0 Å². The number of hydrogen-bond donors (Lipinski definition) is 0. The molecule has 216 valence electrons. The molecule has 0 amide bonds. The van der Waals surface area contributed by atoms with Gasteiger partial charge in [-0.3, -0.25) is 0 Å². The number of para-hydroxylation sites is 2. The molecule has 46 heavy (non-hydrogen) atoms. The summed E-state index contributed by atoms with van der Waals surface area (Å²) in [6.45, 7) is 0. The zero-order valence-electron chi connectivity index (χ0n) is 25.0. The number of nitrogens with zero attached hydrogens (tertiary/aromatic N) is 1. The molecule has 0 saturated carbocycles. The molecule has 9 rings (SSSR count). The summed E-state index contributed by atoms with van der Waals surface area (Å²) < 4.78 is 2.49. The van der Waals surface area contributed by atoms with Gasteiger partial charge in [0.1, 0.15) is 0 Å². The molecule has 0 aliphatic rings. The topological polar surface area (TPSA) is 4.93 Å². The van der Waals surface area contributed by atoms with Crippen LogP contribution in [-0.4, -0.2) is 4.57 Å². The van der Waals surface area contributed by atoms with E-state index >= 15 is 0 Å². The first-order valence-electron chi connectivity index (χ1n) is 15.6. The molecule has 0 spiro atoms. The van der Waals surface area contributed by atoms with Crippen molar-refractivity contribution in [1.82, 2.24) is 4.57 Å². The molecular formula is C44H28ClN. The van der Waals surface area contributed by atoms with Crippen LogP contribution in [0.15, 0.2) is 170 Å². The Morgan fingerprint density at radius 1 is 0.348 bits per heavy atom. The highest BCUT2D eigenvalue weighted by atomic mass is 35.5. The highest BCUT2D eigenvalue weighted by Crippen LogP contribution is 2.44. The van der Waals surface area contributed by atoms with E-state index in [4.69, 9.17) is 11.6 Å². The normalized spacial score (nSPS) is 11.6. The van der Waals surface area contributed by atoms with Crippen LogP contribution in [0, 0.1) is 0 Å². The van der Waals surface area contributed by atoms with Crippen LogP contribution in [0.25, 0.3) is 82.4 Å². The predicted octanol–water partition coefficient (Wildman–Crippen LogP) is 12.7. The summed E-state index contributed by atoms with van der Waals surface area (Å²) in [6.07, 6.45) is 0. The molecule has 0 aliphatic heterocycles. The molecule has 0 saturated heterocycles. The Hall–Kier alpha value is -5.63. The Bertz CT molecular complexity index is 2480. The third-order valence-electron chi connectivity index (χ3n) is 9.27. The molecule has 0 atom stereocenters. The molecule has 0 N–H and O–H groups in total. The van der Waals surface area contributed by atoms with Gasteiger partial charge in [0, 0.05) is 26.9 Å². The first kappa shape index (κ1) is 26.7. The molecular weight excluding hydrogens is 578 g/mol. The minimum Gasteiger partial charge on any atom is -0.308 e. The molecule has 0 aliphatic carbocycles. The second-order valence-corrected chi connectivity index (χ2v) is 12.3. The van der Waals surface area contributed by atoms with E-state index in [1.165, 1.54) is 76.9 Å². The lowest BCUT2D eigenvalue weighted by atomic mass is 9.90. The van der Waals surface area contributed by atoms with E-state index in [-0.39, 0.29) is 0 Å². The van der Waals surface area contributed by atoms with Gasteiger partial charge in [-0.05, 0) is 74.1 Å². The first-order valence-corrected chi connectivity index (χ1v) is 16.0. The van der Waals surface area contributed by atoms with Crippen molar-refractivity contribution >= 4 is 55.0 Å². The summed E-state index contributed by atoms with van der Waals surface area (Å²) >= 11 is 6.24. The predicted molar refractivity (Wildman–Crippen MR) is 197 cm³/mol. The second-order valence-electron chi connectivity index (χ2n) is 11.8. The van der Waals surface area contributed by atoms with Crippen molar-refractivity contribution in [1.29, 1.82) is 0 Å². The Morgan fingerprint density at radius 3 is 1.48 bits per heavy atom. The number of halogens is 1. The zero-order valence-corrected chi connectivity index (χ0v) is 25.7. The van der Waals surface area contributed by atoms with E-state index in [9.17, 15) is 0 Å². The Kier molecular flexibility index (Phi) is 6.26. The Balaban J connectivity index is 1.42. The van der Waals surface area contributed by atoms with Gasteiger partial charge in [0.15, 0.2) is 0 Å². The summed E-state index contributed by atoms with van der Waals surface area (Å²) in [6, 6.07) is 61.2. The van der Waals surface area contributed by atoms with Crippen LogP contribution in [-0.2, 0) is 0 Å². The van der Waals surface area contributed by atoms with Gasteiger partial charge in [-0.15, -0.1) is 0 Å².